The molecule has 0 fully saturated rings. The zero-order valence-corrected chi connectivity index (χ0v) is 23.8. The molecule has 3 heterocycles. The minimum Gasteiger partial charge on any atom is -0.481 e. The average molecular weight is 599 g/mol. The number of nitrogens with one attached hydrogen (secondary N) is 2. The number of hydrogen-bond acceptors (Lipinski definition) is 9. The molecule has 0 bridgehead atoms. The van der Waals surface area contributed by atoms with Crippen molar-refractivity contribution >= 4 is 58.0 Å². The van der Waals surface area contributed by atoms with Crippen molar-refractivity contribution in [1.82, 2.24) is 4.98 Å². The van der Waals surface area contributed by atoms with Crippen molar-refractivity contribution in [3.8, 4) is 5.88 Å². The molecule has 5 rings (SSSR count). The average Bonchev–Trinajstić information content (AvgIpc) is 3.51. The van der Waals surface area contributed by atoms with E-state index >= 15 is 0 Å². The van der Waals surface area contributed by atoms with Gasteiger partial charge in [0.25, 0.3) is 16.8 Å². The van der Waals surface area contributed by atoms with Gasteiger partial charge in [0.05, 0.1) is 30.9 Å². The number of benzene rings is 1. The molecule has 0 spiro atoms. The number of fused-ring (bicyclic) bond motifs is 1. The lowest BCUT2D eigenvalue weighted by Gasteiger charge is -2.31. The van der Waals surface area contributed by atoms with Gasteiger partial charge in [-0.15, -0.1) is 0 Å². The van der Waals surface area contributed by atoms with Gasteiger partial charge in [-0.05, 0) is 47.3 Å². The highest BCUT2D eigenvalue weighted by molar-refractivity contribution is 6.33. The molecule has 0 saturated carbocycles. The molecule has 0 radical (unpaired) electrons. The topological polar surface area (TPSA) is 151 Å². The number of methoxy groups -OCH3 is 1. The summed E-state index contributed by atoms with van der Waals surface area (Å²) in [4.78, 5) is 56.3. The molecule has 0 aliphatic carbocycles. The maximum absolute atomic E-state index is 13.7. The summed E-state index contributed by atoms with van der Waals surface area (Å²) >= 11 is 12.4. The van der Waals surface area contributed by atoms with Crippen molar-refractivity contribution in [3.05, 3.63) is 89.5 Å². The van der Waals surface area contributed by atoms with E-state index in [1.807, 2.05) is 20.8 Å². The summed E-state index contributed by atoms with van der Waals surface area (Å²) in [6.07, 6.45) is 0. The molecule has 41 heavy (non-hydrogen) atoms. The molecule has 1 aliphatic heterocycles. The van der Waals surface area contributed by atoms with Crippen LogP contribution in [0.2, 0.25) is 10.2 Å². The van der Waals surface area contributed by atoms with Gasteiger partial charge in [0.1, 0.15) is 22.7 Å². The van der Waals surface area contributed by atoms with Crippen LogP contribution in [0, 0.1) is 5.41 Å². The molecular weight excluding hydrogens is 575 g/mol. The van der Waals surface area contributed by atoms with Crippen molar-refractivity contribution in [3.63, 3.8) is 0 Å². The van der Waals surface area contributed by atoms with Gasteiger partial charge in [-0.2, -0.15) is 4.98 Å². The van der Waals surface area contributed by atoms with E-state index in [9.17, 15) is 24.3 Å². The molecule has 1 atom stereocenters. The molecule has 13 heteroatoms. The standard InChI is InChI=1S/C28H24Cl2N4O7/c1-28(2,3)24(16-8-9-17(30)41-16)33-21-20(22(35)23(21)36)31-15-7-6-14(29)13-11-34(26(37)19(13)15)25-12(27(38)39)5-10-18(32-25)40-4/h5-10,24,31,33H,11H2,1-4H3,(H,38,39)/t24-/m0/s1. The van der Waals surface area contributed by atoms with E-state index in [1.54, 1.807) is 12.1 Å². The van der Waals surface area contributed by atoms with E-state index < -0.39 is 34.2 Å². The first kappa shape index (κ1) is 28.2. The largest absolute Gasteiger partial charge is 0.481 e. The Kier molecular flexibility index (Phi) is 7.04. The van der Waals surface area contributed by atoms with Crippen LogP contribution in [0.15, 0.2) is 50.4 Å². The van der Waals surface area contributed by atoms with Crippen LogP contribution in [0.5, 0.6) is 5.88 Å². The van der Waals surface area contributed by atoms with Crippen molar-refractivity contribution in [2.45, 2.75) is 33.4 Å². The van der Waals surface area contributed by atoms with Crippen LogP contribution in [0.25, 0.3) is 0 Å². The van der Waals surface area contributed by atoms with Gasteiger partial charge in [0.15, 0.2) is 11.0 Å². The van der Waals surface area contributed by atoms with E-state index in [0.29, 0.717) is 11.3 Å². The summed E-state index contributed by atoms with van der Waals surface area (Å²) in [5.74, 6) is -1.42. The van der Waals surface area contributed by atoms with E-state index in [4.69, 9.17) is 32.4 Å². The number of hydrogen-bond donors (Lipinski definition) is 3. The van der Waals surface area contributed by atoms with Crippen LogP contribution in [-0.4, -0.2) is 29.1 Å². The lowest BCUT2D eigenvalue weighted by molar-refractivity contribution is 0.0697. The summed E-state index contributed by atoms with van der Waals surface area (Å²) in [5, 5.41) is 16.2. The Morgan fingerprint density at radius 1 is 1.07 bits per heavy atom. The van der Waals surface area contributed by atoms with E-state index in [2.05, 4.69) is 15.6 Å². The molecule has 2 aromatic heterocycles. The number of rotatable bonds is 8. The fourth-order valence-corrected chi connectivity index (χ4v) is 5.07. The summed E-state index contributed by atoms with van der Waals surface area (Å²) in [5.41, 5.74) is -1.47. The lowest BCUT2D eigenvalue weighted by atomic mass is 9.85. The zero-order valence-electron chi connectivity index (χ0n) is 22.3. The first-order valence-electron chi connectivity index (χ1n) is 12.4. The predicted molar refractivity (Wildman–Crippen MR) is 154 cm³/mol. The third kappa shape index (κ3) is 4.91. The number of pyridine rings is 1. The van der Waals surface area contributed by atoms with Crippen LogP contribution >= 0.6 is 23.2 Å². The number of carboxylic acids is 1. The second-order valence-electron chi connectivity index (χ2n) is 10.5. The Morgan fingerprint density at radius 3 is 2.39 bits per heavy atom. The molecule has 0 saturated heterocycles. The highest BCUT2D eigenvalue weighted by Gasteiger charge is 2.38. The van der Waals surface area contributed by atoms with Crippen LogP contribution in [-0.2, 0) is 6.54 Å². The Hall–Kier alpha value is -4.35. The van der Waals surface area contributed by atoms with Crippen LogP contribution < -0.4 is 31.1 Å². The SMILES string of the molecule is COc1ccc(C(=O)O)c(N2Cc3c(Cl)ccc(Nc4c(N[C@@H](c5ccc(Cl)o5)C(C)(C)C)c(=O)c4=O)c3C2=O)n1. The van der Waals surface area contributed by atoms with Gasteiger partial charge in [-0.3, -0.25) is 19.3 Å². The van der Waals surface area contributed by atoms with Crippen molar-refractivity contribution in [1.29, 1.82) is 0 Å². The van der Waals surface area contributed by atoms with Gasteiger partial charge in [0, 0.05) is 16.7 Å². The van der Waals surface area contributed by atoms with Crippen LogP contribution in [0.1, 0.15) is 58.9 Å². The van der Waals surface area contributed by atoms with Crippen LogP contribution in [0.4, 0.5) is 22.9 Å². The minimum absolute atomic E-state index is 0.0241. The number of aromatic carboxylic acids is 1. The molecule has 1 aliphatic rings. The second-order valence-corrected chi connectivity index (χ2v) is 11.3. The Morgan fingerprint density at radius 2 is 1.78 bits per heavy atom. The minimum atomic E-state index is -1.28. The summed E-state index contributed by atoms with van der Waals surface area (Å²) in [7, 11) is 1.37. The van der Waals surface area contributed by atoms with Gasteiger partial charge < -0.3 is 24.9 Å². The number of halogens is 2. The number of amides is 1. The number of ether oxygens (including phenoxy) is 1. The maximum Gasteiger partial charge on any atom is 0.339 e. The number of furan rings is 1. The van der Waals surface area contributed by atoms with Crippen molar-refractivity contribution in [2.75, 3.05) is 22.6 Å². The molecule has 11 nitrogen and oxygen atoms in total. The number of nitrogens with zero attached hydrogens (tertiary/aromatic N) is 2. The quantitative estimate of drug-likeness (QED) is 0.225. The summed E-state index contributed by atoms with van der Waals surface area (Å²) < 4.78 is 10.7. The Labute approximate surface area is 243 Å². The second kappa shape index (κ2) is 10.2. The maximum atomic E-state index is 13.7. The third-order valence-electron chi connectivity index (χ3n) is 6.78. The molecule has 2 aromatic carbocycles. The highest BCUT2D eigenvalue weighted by atomic mass is 35.5. The fourth-order valence-electron chi connectivity index (χ4n) is 4.70. The van der Waals surface area contributed by atoms with E-state index in [1.165, 1.54) is 36.3 Å². The molecule has 3 N–H and O–H groups in total. The van der Waals surface area contributed by atoms with Gasteiger partial charge in [-0.25, -0.2) is 4.79 Å². The van der Waals surface area contributed by atoms with E-state index in [0.717, 1.165) is 0 Å². The molecule has 0 unspecified atom stereocenters. The number of carbonyl (C=O) groups is 2. The Bertz CT molecular complexity index is 1780. The van der Waals surface area contributed by atoms with Gasteiger partial charge in [-0.1, -0.05) is 32.4 Å². The Balaban J connectivity index is 1.52. The summed E-state index contributed by atoms with van der Waals surface area (Å²) in [6.45, 7) is 5.70. The molecule has 4 aromatic rings. The monoisotopic (exact) mass is 598 g/mol. The van der Waals surface area contributed by atoms with Gasteiger partial charge in [0.2, 0.25) is 5.88 Å². The number of aromatic nitrogens is 1. The number of carboxylic acid groups (broad SMARTS) is 1. The molecular formula is C28H24Cl2N4O7. The first-order chi connectivity index (χ1) is 19.3. The zero-order chi connectivity index (χ0) is 29.8. The molecule has 1 amide bonds. The molecule has 212 valence electrons. The van der Waals surface area contributed by atoms with Crippen LogP contribution in [0.3, 0.4) is 0 Å². The fraction of sp³-hybridized carbons (Fsp3) is 0.250. The number of carbonyl (C=O) groups excluding carboxylic acids is 1. The smallest absolute Gasteiger partial charge is 0.339 e. The first-order valence-corrected chi connectivity index (χ1v) is 13.1. The third-order valence-corrected chi connectivity index (χ3v) is 7.34. The predicted octanol–water partition coefficient (Wildman–Crippen LogP) is 5.39. The summed E-state index contributed by atoms with van der Waals surface area (Å²) in [6, 6.07) is 8.45. The number of anilines is 4. The lowest BCUT2D eigenvalue weighted by Crippen LogP contribution is -2.39. The normalized spacial score (nSPS) is 13.8. The van der Waals surface area contributed by atoms with Crippen molar-refractivity contribution < 1.29 is 23.8 Å². The van der Waals surface area contributed by atoms with Crippen molar-refractivity contribution in [2.24, 2.45) is 5.41 Å². The highest BCUT2D eigenvalue weighted by Crippen LogP contribution is 2.41. The van der Waals surface area contributed by atoms with E-state index in [-0.39, 0.29) is 56.7 Å². The van der Waals surface area contributed by atoms with Gasteiger partial charge >= 0.3 is 5.97 Å².